The number of likely N-dealkylation sites (N-methyl/N-ethyl adjacent to an activating group) is 1. The molecule has 1 rings (SSSR count). The number of hydrogen-bond donors (Lipinski definition) is 4. The van der Waals surface area contributed by atoms with Gasteiger partial charge in [-0.1, -0.05) is 0 Å². The second kappa shape index (κ2) is 5.76. The van der Waals surface area contributed by atoms with Gasteiger partial charge in [-0.25, -0.2) is 19.2 Å². The van der Waals surface area contributed by atoms with Crippen molar-refractivity contribution in [1.82, 2.24) is 15.0 Å². The molecule has 0 fully saturated rings. The molecule has 0 saturated heterocycles. The summed E-state index contributed by atoms with van der Waals surface area (Å²) in [6.07, 6.45) is 1.40. The fourth-order valence-electron chi connectivity index (χ4n) is 1.28. The Kier molecular flexibility index (Phi) is 4.59. The Morgan fingerprint density at radius 2 is 2.17 bits per heavy atom. The predicted octanol–water partition coefficient (Wildman–Crippen LogP) is -1.22. The number of aromatic nitrogens is 1. The van der Waals surface area contributed by atoms with E-state index in [9.17, 15) is 13.2 Å². The van der Waals surface area contributed by atoms with Crippen LogP contribution in [-0.4, -0.2) is 32.4 Å². The Labute approximate surface area is 105 Å². The minimum absolute atomic E-state index is 0.00843. The maximum absolute atomic E-state index is 12.0. The van der Waals surface area contributed by atoms with E-state index in [1.165, 1.54) is 32.3 Å². The monoisotopic (exact) mass is 273 g/mol. The summed E-state index contributed by atoms with van der Waals surface area (Å²) in [6.45, 7) is 1.43. The van der Waals surface area contributed by atoms with Crippen LogP contribution in [0.1, 0.15) is 6.92 Å². The van der Waals surface area contributed by atoms with Crippen LogP contribution < -0.4 is 21.3 Å². The largest absolute Gasteiger partial charge is 0.358 e. The third-order valence-electron chi connectivity index (χ3n) is 2.17. The van der Waals surface area contributed by atoms with Crippen LogP contribution >= 0.6 is 0 Å². The van der Waals surface area contributed by atoms with E-state index in [0.29, 0.717) is 0 Å². The molecule has 5 N–H and O–H groups in total. The summed E-state index contributed by atoms with van der Waals surface area (Å²) in [6, 6.07) is 1.90. The van der Waals surface area contributed by atoms with Crippen LogP contribution in [0.5, 0.6) is 0 Å². The molecule has 0 aliphatic carbocycles. The Hall–Kier alpha value is -1.71. The van der Waals surface area contributed by atoms with E-state index in [0.717, 1.165) is 0 Å². The lowest BCUT2D eigenvalue weighted by Gasteiger charge is -2.14. The topological polar surface area (TPSA) is 126 Å². The van der Waals surface area contributed by atoms with E-state index in [1.54, 1.807) is 0 Å². The maximum Gasteiger partial charge on any atom is 0.245 e. The second-order valence-corrected chi connectivity index (χ2v) is 5.13. The van der Waals surface area contributed by atoms with Gasteiger partial charge in [0, 0.05) is 13.2 Å². The molecule has 0 radical (unpaired) electrons. The standard InChI is InChI=1S/C9H15N5O3S/c1-6(9(15)11-2)14-18(16,17)7-4-3-5-12-8(7)13-10/h3-6,14H,10H2,1-2H3,(H,11,15)(H,12,13). The molecular weight excluding hydrogens is 258 g/mol. The third-order valence-corrected chi connectivity index (χ3v) is 3.74. The van der Waals surface area contributed by atoms with Gasteiger partial charge in [-0.05, 0) is 19.1 Å². The van der Waals surface area contributed by atoms with Crippen molar-refractivity contribution in [2.45, 2.75) is 17.9 Å². The lowest BCUT2D eigenvalue weighted by atomic mass is 10.3. The molecule has 0 aromatic carbocycles. The molecule has 1 unspecified atom stereocenters. The van der Waals surface area contributed by atoms with Crippen molar-refractivity contribution in [3.8, 4) is 0 Å². The van der Waals surface area contributed by atoms with Gasteiger partial charge in [0.25, 0.3) is 0 Å². The highest BCUT2D eigenvalue weighted by atomic mass is 32.2. The number of hydrazine groups is 1. The SMILES string of the molecule is CNC(=O)C(C)NS(=O)(=O)c1cccnc1NN. The number of nitrogen functional groups attached to an aromatic ring is 1. The molecule has 18 heavy (non-hydrogen) atoms. The Bertz CT molecular complexity index is 531. The number of nitrogens with two attached hydrogens (primary N) is 1. The summed E-state index contributed by atoms with van der Waals surface area (Å²) in [5.74, 6) is 4.75. The number of nitrogens with zero attached hydrogens (tertiary/aromatic N) is 1. The molecule has 1 aromatic rings. The molecule has 100 valence electrons. The Morgan fingerprint density at radius 3 is 2.72 bits per heavy atom. The summed E-state index contributed by atoms with van der Waals surface area (Å²) in [5.41, 5.74) is 2.19. The number of hydrogen-bond acceptors (Lipinski definition) is 6. The number of sulfonamides is 1. The fraction of sp³-hybridized carbons (Fsp3) is 0.333. The Balaban J connectivity index is 3.03. The summed E-state index contributed by atoms with van der Waals surface area (Å²) in [5, 5.41) is 2.35. The Morgan fingerprint density at radius 1 is 1.50 bits per heavy atom. The van der Waals surface area contributed by atoms with Crippen LogP contribution in [0, 0.1) is 0 Å². The van der Waals surface area contributed by atoms with Crippen molar-refractivity contribution in [2.75, 3.05) is 12.5 Å². The fourth-order valence-corrected chi connectivity index (χ4v) is 2.61. The molecule has 0 spiro atoms. The maximum atomic E-state index is 12.0. The number of carbonyl (C=O) groups is 1. The van der Waals surface area contributed by atoms with E-state index in [-0.39, 0.29) is 10.7 Å². The molecule has 0 aliphatic heterocycles. The van der Waals surface area contributed by atoms with Gasteiger partial charge in [-0.2, -0.15) is 4.72 Å². The molecular formula is C9H15N5O3S. The van der Waals surface area contributed by atoms with Crippen molar-refractivity contribution >= 4 is 21.7 Å². The minimum Gasteiger partial charge on any atom is -0.358 e. The highest BCUT2D eigenvalue weighted by Gasteiger charge is 2.24. The first-order valence-electron chi connectivity index (χ1n) is 5.08. The lowest BCUT2D eigenvalue weighted by Crippen LogP contribution is -2.43. The van der Waals surface area contributed by atoms with E-state index < -0.39 is 22.0 Å². The van der Waals surface area contributed by atoms with Crippen LogP contribution in [-0.2, 0) is 14.8 Å². The number of amides is 1. The van der Waals surface area contributed by atoms with Gasteiger partial charge in [-0.3, -0.25) is 4.79 Å². The minimum atomic E-state index is -3.87. The van der Waals surface area contributed by atoms with Gasteiger partial charge < -0.3 is 10.7 Å². The number of pyridine rings is 1. The zero-order valence-corrected chi connectivity index (χ0v) is 10.8. The first-order chi connectivity index (χ1) is 8.42. The molecule has 0 bridgehead atoms. The highest BCUT2D eigenvalue weighted by Crippen LogP contribution is 2.16. The number of nitrogens with one attached hydrogen (secondary N) is 3. The smallest absolute Gasteiger partial charge is 0.245 e. The van der Waals surface area contributed by atoms with Crippen LogP contribution in [0.2, 0.25) is 0 Å². The van der Waals surface area contributed by atoms with Gasteiger partial charge in [0.2, 0.25) is 15.9 Å². The molecule has 9 heteroatoms. The number of carbonyl (C=O) groups excluding carboxylic acids is 1. The molecule has 1 amide bonds. The van der Waals surface area contributed by atoms with E-state index in [1.807, 2.05) is 0 Å². The van der Waals surface area contributed by atoms with Crippen molar-refractivity contribution < 1.29 is 13.2 Å². The van der Waals surface area contributed by atoms with Gasteiger partial charge in [-0.15, -0.1) is 0 Å². The van der Waals surface area contributed by atoms with Crippen molar-refractivity contribution in [2.24, 2.45) is 5.84 Å². The van der Waals surface area contributed by atoms with Crippen molar-refractivity contribution in [3.05, 3.63) is 18.3 Å². The van der Waals surface area contributed by atoms with Gasteiger partial charge in [0.05, 0.1) is 6.04 Å². The third kappa shape index (κ3) is 3.15. The van der Waals surface area contributed by atoms with Crippen molar-refractivity contribution in [3.63, 3.8) is 0 Å². The first-order valence-corrected chi connectivity index (χ1v) is 6.56. The van der Waals surface area contributed by atoms with Crippen molar-refractivity contribution in [1.29, 1.82) is 0 Å². The first kappa shape index (κ1) is 14.4. The zero-order valence-electron chi connectivity index (χ0n) is 9.97. The second-order valence-electron chi connectivity index (χ2n) is 3.45. The van der Waals surface area contributed by atoms with Crippen LogP contribution in [0.3, 0.4) is 0 Å². The molecule has 1 atom stereocenters. The van der Waals surface area contributed by atoms with Gasteiger partial charge >= 0.3 is 0 Å². The van der Waals surface area contributed by atoms with Gasteiger partial charge in [0.1, 0.15) is 4.90 Å². The number of anilines is 1. The van der Waals surface area contributed by atoms with E-state index >= 15 is 0 Å². The average molecular weight is 273 g/mol. The lowest BCUT2D eigenvalue weighted by molar-refractivity contribution is -0.121. The highest BCUT2D eigenvalue weighted by molar-refractivity contribution is 7.89. The zero-order chi connectivity index (χ0) is 13.8. The molecule has 0 aliphatic rings. The molecule has 1 heterocycles. The normalized spacial score (nSPS) is 12.8. The molecule has 0 saturated carbocycles. The van der Waals surface area contributed by atoms with Crippen LogP contribution in [0.25, 0.3) is 0 Å². The van der Waals surface area contributed by atoms with Gasteiger partial charge in [0.15, 0.2) is 5.82 Å². The number of rotatable bonds is 5. The predicted molar refractivity (Wildman–Crippen MR) is 65.9 cm³/mol. The quantitative estimate of drug-likeness (QED) is 0.393. The summed E-state index contributed by atoms with van der Waals surface area (Å²) in [4.78, 5) is 14.9. The molecule has 8 nitrogen and oxygen atoms in total. The van der Waals surface area contributed by atoms with E-state index in [2.05, 4.69) is 20.4 Å². The van der Waals surface area contributed by atoms with Crippen LogP contribution in [0.4, 0.5) is 5.82 Å². The average Bonchev–Trinajstić information content (AvgIpc) is 2.37. The van der Waals surface area contributed by atoms with Crippen LogP contribution in [0.15, 0.2) is 23.2 Å². The summed E-state index contributed by atoms with van der Waals surface area (Å²) in [7, 11) is -2.45. The summed E-state index contributed by atoms with van der Waals surface area (Å²) < 4.78 is 26.3. The van der Waals surface area contributed by atoms with E-state index in [4.69, 9.17) is 5.84 Å². The summed E-state index contributed by atoms with van der Waals surface area (Å²) >= 11 is 0. The molecule has 1 aromatic heterocycles.